The fraction of sp³-hybridized carbons (Fsp3) is 0.409. The Bertz CT molecular complexity index is 1010. The summed E-state index contributed by atoms with van der Waals surface area (Å²) in [6.07, 6.45) is 0. The van der Waals surface area contributed by atoms with E-state index in [1.54, 1.807) is 30.3 Å². The van der Waals surface area contributed by atoms with Gasteiger partial charge < -0.3 is 10.2 Å². The van der Waals surface area contributed by atoms with Crippen molar-refractivity contribution in [1.29, 1.82) is 0 Å². The molecule has 1 N–H and O–H groups in total. The average molecular weight is 412 g/mol. The lowest BCUT2D eigenvalue weighted by atomic mass is 10.1. The SMILES string of the molecule is CCN(CC)Cc1nc(Nc2ccc(C(=O)N(C)C)cc2)c2c(C)c(C)sc2n1. The molecule has 0 unspecified atom stereocenters. The van der Waals surface area contributed by atoms with E-state index >= 15 is 0 Å². The molecule has 3 rings (SSSR count). The average Bonchev–Trinajstić information content (AvgIpc) is 2.99. The number of rotatable bonds is 7. The van der Waals surface area contributed by atoms with Gasteiger partial charge in [-0.25, -0.2) is 9.97 Å². The van der Waals surface area contributed by atoms with Crippen LogP contribution in [0.25, 0.3) is 10.2 Å². The van der Waals surface area contributed by atoms with Crippen LogP contribution in [0.3, 0.4) is 0 Å². The van der Waals surface area contributed by atoms with Crippen LogP contribution in [0.15, 0.2) is 24.3 Å². The van der Waals surface area contributed by atoms with Gasteiger partial charge in [-0.2, -0.15) is 0 Å². The van der Waals surface area contributed by atoms with Gasteiger partial charge in [-0.05, 0) is 56.8 Å². The van der Waals surface area contributed by atoms with E-state index in [1.807, 2.05) is 24.3 Å². The van der Waals surface area contributed by atoms with Gasteiger partial charge in [-0.15, -0.1) is 11.3 Å². The maximum absolute atomic E-state index is 12.1. The van der Waals surface area contributed by atoms with E-state index in [2.05, 4.69) is 37.9 Å². The number of nitrogens with zero attached hydrogens (tertiary/aromatic N) is 4. The Kier molecular flexibility index (Phi) is 6.49. The molecule has 0 bridgehead atoms. The first-order valence-corrected chi connectivity index (χ1v) is 10.7. The molecule has 2 aromatic heterocycles. The molecule has 0 saturated heterocycles. The van der Waals surface area contributed by atoms with E-state index in [0.29, 0.717) is 5.56 Å². The van der Waals surface area contributed by atoms with E-state index in [-0.39, 0.29) is 5.91 Å². The number of carbonyl (C=O) groups excluding carboxylic acids is 1. The first kappa shape index (κ1) is 21.2. The lowest BCUT2D eigenvalue weighted by molar-refractivity contribution is 0.0827. The molecule has 7 heteroatoms. The predicted molar refractivity (Wildman–Crippen MR) is 121 cm³/mol. The molecule has 0 aliphatic carbocycles. The van der Waals surface area contributed by atoms with Crippen LogP contribution in [0.5, 0.6) is 0 Å². The summed E-state index contributed by atoms with van der Waals surface area (Å²) in [5.41, 5.74) is 2.77. The Balaban J connectivity index is 1.97. The zero-order chi connectivity index (χ0) is 21.1. The highest BCUT2D eigenvalue weighted by Crippen LogP contribution is 2.34. The quantitative estimate of drug-likeness (QED) is 0.616. The summed E-state index contributed by atoms with van der Waals surface area (Å²) in [5.74, 6) is 1.64. The number of carbonyl (C=O) groups is 1. The molecular formula is C22H29N5OS. The van der Waals surface area contributed by atoms with Crippen LogP contribution < -0.4 is 5.32 Å². The highest BCUT2D eigenvalue weighted by atomic mass is 32.1. The summed E-state index contributed by atoms with van der Waals surface area (Å²) in [5, 5.41) is 4.53. The van der Waals surface area contributed by atoms with Crippen molar-refractivity contribution < 1.29 is 4.79 Å². The third-order valence-electron chi connectivity index (χ3n) is 5.14. The maximum atomic E-state index is 12.1. The molecule has 0 radical (unpaired) electrons. The van der Waals surface area contributed by atoms with Crippen molar-refractivity contribution in [2.24, 2.45) is 0 Å². The van der Waals surface area contributed by atoms with Crippen molar-refractivity contribution in [1.82, 2.24) is 19.8 Å². The van der Waals surface area contributed by atoms with E-state index in [4.69, 9.17) is 9.97 Å². The molecule has 2 heterocycles. The number of aromatic nitrogens is 2. The van der Waals surface area contributed by atoms with Crippen LogP contribution in [-0.4, -0.2) is 52.9 Å². The summed E-state index contributed by atoms with van der Waals surface area (Å²) < 4.78 is 0. The molecule has 0 saturated carbocycles. The van der Waals surface area contributed by atoms with Gasteiger partial charge in [-0.1, -0.05) is 13.8 Å². The monoisotopic (exact) mass is 411 g/mol. The second kappa shape index (κ2) is 8.88. The zero-order valence-electron chi connectivity index (χ0n) is 18.0. The van der Waals surface area contributed by atoms with Crippen molar-refractivity contribution in [3.8, 4) is 0 Å². The van der Waals surface area contributed by atoms with E-state index in [1.165, 1.54) is 10.4 Å². The van der Waals surface area contributed by atoms with Gasteiger partial charge in [0.05, 0.1) is 11.9 Å². The van der Waals surface area contributed by atoms with Crippen LogP contribution >= 0.6 is 11.3 Å². The van der Waals surface area contributed by atoms with E-state index in [0.717, 1.165) is 47.2 Å². The first-order chi connectivity index (χ1) is 13.8. The van der Waals surface area contributed by atoms with Crippen molar-refractivity contribution >= 4 is 39.0 Å². The fourth-order valence-electron chi connectivity index (χ4n) is 3.19. The number of amides is 1. The standard InChI is InChI=1S/C22H29N5OS/c1-7-27(8-2)13-18-24-20(19-14(3)15(4)29-21(19)25-18)23-17-11-9-16(10-12-17)22(28)26(5)6/h9-12H,7-8,13H2,1-6H3,(H,23,24,25). The number of nitrogens with one attached hydrogen (secondary N) is 1. The van der Waals surface area contributed by atoms with Gasteiger partial charge in [0, 0.05) is 30.2 Å². The number of hydrogen-bond acceptors (Lipinski definition) is 6. The van der Waals surface area contributed by atoms with Crippen LogP contribution in [0.4, 0.5) is 11.5 Å². The van der Waals surface area contributed by atoms with Gasteiger partial charge in [0.2, 0.25) is 0 Å². The molecular weight excluding hydrogens is 382 g/mol. The van der Waals surface area contributed by atoms with Crippen LogP contribution in [0.2, 0.25) is 0 Å². The molecule has 6 nitrogen and oxygen atoms in total. The van der Waals surface area contributed by atoms with E-state index in [9.17, 15) is 4.79 Å². The summed E-state index contributed by atoms with van der Waals surface area (Å²) >= 11 is 1.71. The van der Waals surface area contributed by atoms with Gasteiger partial charge in [0.1, 0.15) is 16.5 Å². The Hall–Kier alpha value is -2.51. The molecule has 3 aromatic rings. The Labute approximate surface area is 176 Å². The predicted octanol–water partition coefficient (Wildman–Crippen LogP) is 4.60. The van der Waals surface area contributed by atoms with E-state index < -0.39 is 0 Å². The highest BCUT2D eigenvalue weighted by molar-refractivity contribution is 7.18. The van der Waals surface area contributed by atoms with Crippen LogP contribution in [-0.2, 0) is 6.54 Å². The number of fused-ring (bicyclic) bond motifs is 1. The minimum absolute atomic E-state index is 0.00760. The Morgan fingerprint density at radius 1 is 1.07 bits per heavy atom. The van der Waals surface area contributed by atoms with Gasteiger partial charge in [-0.3, -0.25) is 9.69 Å². The van der Waals surface area contributed by atoms with Crippen molar-refractivity contribution in [3.63, 3.8) is 0 Å². The molecule has 1 amide bonds. The molecule has 0 aliphatic rings. The minimum atomic E-state index is -0.00760. The molecule has 29 heavy (non-hydrogen) atoms. The molecule has 0 spiro atoms. The number of hydrogen-bond donors (Lipinski definition) is 1. The minimum Gasteiger partial charge on any atom is -0.345 e. The van der Waals surface area contributed by atoms with Gasteiger partial charge >= 0.3 is 0 Å². The summed E-state index contributed by atoms with van der Waals surface area (Å²) in [6, 6.07) is 7.52. The van der Waals surface area contributed by atoms with Gasteiger partial charge in [0.25, 0.3) is 5.91 Å². The normalized spacial score (nSPS) is 11.3. The number of aryl methyl sites for hydroxylation is 2. The fourth-order valence-corrected chi connectivity index (χ4v) is 4.24. The highest BCUT2D eigenvalue weighted by Gasteiger charge is 2.16. The van der Waals surface area contributed by atoms with Gasteiger partial charge in [0.15, 0.2) is 0 Å². The lowest BCUT2D eigenvalue weighted by Gasteiger charge is -2.17. The molecule has 0 atom stereocenters. The lowest BCUT2D eigenvalue weighted by Crippen LogP contribution is -2.23. The third-order valence-corrected chi connectivity index (χ3v) is 6.24. The van der Waals surface area contributed by atoms with Crippen molar-refractivity contribution in [3.05, 3.63) is 46.1 Å². The summed E-state index contributed by atoms with van der Waals surface area (Å²) in [4.78, 5) is 28.0. The Morgan fingerprint density at radius 3 is 2.31 bits per heavy atom. The maximum Gasteiger partial charge on any atom is 0.253 e. The smallest absolute Gasteiger partial charge is 0.253 e. The third kappa shape index (κ3) is 4.57. The van der Waals surface area contributed by atoms with Crippen LogP contribution in [0.1, 0.15) is 40.5 Å². The topological polar surface area (TPSA) is 61.4 Å². The molecule has 1 aromatic carbocycles. The number of anilines is 2. The van der Waals surface area contributed by atoms with Crippen molar-refractivity contribution in [2.75, 3.05) is 32.5 Å². The zero-order valence-corrected chi connectivity index (χ0v) is 18.9. The second-order valence-corrected chi connectivity index (χ2v) is 8.52. The van der Waals surface area contributed by atoms with Crippen LogP contribution in [0, 0.1) is 13.8 Å². The second-order valence-electron chi connectivity index (χ2n) is 7.32. The number of benzene rings is 1. The first-order valence-electron chi connectivity index (χ1n) is 9.91. The Morgan fingerprint density at radius 2 is 1.72 bits per heavy atom. The van der Waals surface area contributed by atoms with Crippen molar-refractivity contribution in [2.45, 2.75) is 34.2 Å². The molecule has 0 fully saturated rings. The number of thiophene rings is 1. The summed E-state index contributed by atoms with van der Waals surface area (Å²) in [6.45, 7) is 11.2. The summed E-state index contributed by atoms with van der Waals surface area (Å²) in [7, 11) is 3.51. The largest absolute Gasteiger partial charge is 0.345 e. The molecule has 0 aliphatic heterocycles. The molecule has 154 valence electrons.